The number of rotatable bonds is 3. The number of nitrogens with zero attached hydrogens (tertiary/aromatic N) is 2. The number of hydrogen-bond donors (Lipinski definition) is 0. The topological polar surface area (TPSA) is 63.4 Å². The normalized spacial score (nSPS) is 19.9. The van der Waals surface area contributed by atoms with Crippen LogP contribution in [-0.2, 0) is 10.0 Å². The standard InChI is InChI=1S/C17H22N2O3S/c1-12-7-8-15(16-10-13(2)18-22-16)11-17(12)23(20,21)19-9-5-4-6-14(19)3/h7-8,10-11,14H,4-6,9H2,1-3H3/t14-/m1/s1. The second-order valence-corrected chi connectivity index (χ2v) is 8.13. The van der Waals surface area contributed by atoms with Gasteiger partial charge in [-0.1, -0.05) is 23.7 Å². The van der Waals surface area contributed by atoms with Crippen LogP contribution < -0.4 is 0 Å². The Morgan fingerprint density at radius 2 is 2.00 bits per heavy atom. The van der Waals surface area contributed by atoms with Gasteiger partial charge in [-0.3, -0.25) is 0 Å². The first-order chi connectivity index (χ1) is 10.9. The Balaban J connectivity index is 2.04. The first-order valence-corrected chi connectivity index (χ1v) is 9.40. The molecule has 0 radical (unpaired) electrons. The molecule has 1 aromatic carbocycles. The molecule has 23 heavy (non-hydrogen) atoms. The molecule has 124 valence electrons. The highest BCUT2D eigenvalue weighted by Crippen LogP contribution is 2.30. The Morgan fingerprint density at radius 1 is 1.22 bits per heavy atom. The lowest BCUT2D eigenvalue weighted by Gasteiger charge is -2.32. The molecule has 3 rings (SSSR count). The van der Waals surface area contributed by atoms with Crippen molar-refractivity contribution in [2.24, 2.45) is 0 Å². The summed E-state index contributed by atoms with van der Waals surface area (Å²) in [6.07, 6.45) is 2.92. The van der Waals surface area contributed by atoms with Crippen molar-refractivity contribution >= 4 is 10.0 Å². The molecule has 1 fully saturated rings. The van der Waals surface area contributed by atoms with Crippen LogP contribution in [0.5, 0.6) is 0 Å². The first-order valence-electron chi connectivity index (χ1n) is 7.96. The Kier molecular flexibility index (Phi) is 4.29. The monoisotopic (exact) mass is 334 g/mol. The van der Waals surface area contributed by atoms with E-state index >= 15 is 0 Å². The maximum absolute atomic E-state index is 13.1. The summed E-state index contributed by atoms with van der Waals surface area (Å²) in [5, 5.41) is 3.87. The zero-order chi connectivity index (χ0) is 16.6. The molecule has 0 N–H and O–H groups in total. The third kappa shape index (κ3) is 3.05. The van der Waals surface area contributed by atoms with Gasteiger partial charge in [0.15, 0.2) is 5.76 Å². The Bertz CT molecular complexity index is 811. The number of hydrogen-bond acceptors (Lipinski definition) is 4. The summed E-state index contributed by atoms with van der Waals surface area (Å²) < 4.78 is 33.1. The molecule has 0 amide bonds. The molecule has 6 heteroatoms. The number of piperidine rings is 1. The second-order valence-electron chi connectivity index (χ2n) is 6.27. The minimum absolute atomic E-state index is 0.0457. The van der Waals surface area contributed by atoms with Crippen molar-refractivity contribution in [1.82, 2.24) is 9.46 Å². The summed E-state index contributed by atoms with van der Waals surface area (Å²) in [5.41, 5.74) is 2.26. The molecular formula is C17H22N2O3S. The van der Waals surface area contributed by atoms with Crippen molar-refractivity contribution in [1.29, 1.82) is 0 Å². The second kappa shape index (κ2) is 6.09. The van der Waals surface area contributed by atoms with Gasteiger partial charge in [0.05, 0.1) is 10.6 Å². The van der Waals surface area contributed by atoms with Gasteiger partial charge in [0.2, 0.25) is 10.0 Å². The fraction of sp³-hybridized carbons (Fsp3) is 0.471. The Hall–Kier alpha value is -1.66. The SMILES string of the molecule is Cc1cc(-c2ccc(C)c(S(=O)(=O)N3CCCC[C@H]3C)c2)on1. The zero-order valence-electron chi connectivity index (χ0n) is 13.7. The average molecular weight is 334 g/mol. The highest BCUT2D eigenvalue weighted by molar-refractivity contribution is 7.89. The van der Waals surface area contributed by atoms with Crippen molar-refractivity contribution in [2.75, 3.05) is 6.54 Å². The number of aromatic nitrogens is 1. The number of benzene rings is 1. The highest BCUT2D eigenvalue weighted by Gasteiger charge is 2.32. The summed E-state index contributed by atoms with van der Waals surface area (Å²) in [6.45, 7) is 6.25. The van der Waals surface area contributed by atoms with E-state index in [-0.39, 0.29) is 6.04 Å². The molecule has 0 saturated carbocycles. The van der Waals surface area contributed by atoms with E-state index in [2.05, 4.69) is 5.16 Å². The minimum atomic E-state index is -3.49. The maximum atomic E-state index is 13.1. The molecule has 1 atom stereocenters. The van der Waals surface area contributed by atoms with Gasteiger partial charge in [-0.2, -0.15) is 4.31 Å². The van der Waals surface area contributed by atoms with Crippen molar-refractivity contribution in [3.05, 3.63) is 35.5 Å². The van der Waals surface area contributed by atoms with E-state index in [4.69, 9.17) is 4.52 Å². The fourth-order valence-electron chi connectivity index (χ4n) is 3.09. The maximum Gasteiger partial charge on any atom is 0.243 e. The van der Waals surface area contributed by atoms with E-state index in [0.29, 0.717) is 17.2 Å². The average Bonchev–Trinajstić information content (AvgIpc) is 2.94. The van der Waals surface area contributed by atoms with Gasteiger partial charge in [-0.15, -0.1) is 0 Å². The van der Waals surface area contributed by atoms with Crippen molar-refractivity contribution in [3.63, 3.8) is 0 Å². The summed E-state index contributed by atoms with van der Waals surface area (Å²) in [6, 6.07) is 7.25. The van der Waals surface area contributed by atoms with Gasteiger partial charge in [-0.25, -0.2) is 8.42 Å². The smallest absolute Gasteiger partial charge is 0.243 e. The van der Waals surface area contributed by atoms with Gasteiger partial charge < -0.3 is 4.52 Å². The van der Waals surface area contributed by atoms with E-state index in [1.54, 1.807) is 10.4 Å². The zero-order valence-corrected chi connectivity index (χ0v) is 14.6. The molecule has 1 aliphatic rings. The summed E-state index contributed by atoms with van der Waals surface area (Å²) in [7, 11) is -3.49. The van der Waals surface area contributed by atoms with Crippen LogP contribution in [0.1, 0.15) is 37.4 Å². The van der Waals surface area contributed by atoms with Gasteiger partial charge in [-0.05, 0) is 45.2 Å². The lowest BCUT2D eigenvalue weighted by atomic mass is 10.1. The van der Waals surface area contributed by atoms with E-state index in [9.17, 15) is 8.42 Å². The highest BCUT2D eigenvalue weighted by atomic mass is 32.2. The number of sulfonamides is 1. The third-order valence-electron chi connectivity index (χ3n) is 4.43. The summed E-state index contributed by atoms with van der Waals surface area (Å²) >= 11 is 0. The molecule has 2 aromatic rings. The summed E-state index contributed by atoms with van der Waals surface area (Å²) in [4.78, 5) is 0.359. The van der Waals surface area contributed by atoms with Crippen LogP contribution in [0.2, 0.25) is 0 Å². The van der Waals surface area contributed by atoms with Gasteiger partial charge in [0, 0.05) is 24.2 Å². The molecule has 5 nitrogen and oxygen atoms in total. The van der Waals surface area contributed by atoms with Gasteiger partial charge in [0.1, 0.15) is 0 Å². The Labute approximate surface area is 137 Å². The lowest BCUT2D eigenvalue weighted by molar-refractivity contribution is 0.268. The van der Waals surface area contributed by atoms with Crippen LogP contribution in [0.3, 0.4) is 0 Å². The first kappa shape index (κ1) is 16.2. The molecular weight excluding hydrogens is 312 g/mol. The van der Waals surface area contributed by atoms with Crippen molar-refractivity contribution in [3.8, 4) is 11.3 Å². The molecule has 1 aliphatic heterocycles. The predicted molar refractivity (Wildman–Crippen MR) is 88.6 cm³/mol. The van der Waals surface area contributed by atoms with E-state index < -0.39 is 10.0 Å². The van der Waals surface area contributed by atoms with E-state index in [0.717, 1.165) is 36.1 Å². The molecule has 0 bridgehead atoms. The lowest BCUT2D eigenvalue weighted by Crippen LogP contribution is -2.42. The van der Waals surface area contributed by atoms with Gasteiger partial charge >= 0.3 is 0 Å². The molecule has 0 aliphatic carbocycles. The fourth-order valence-corrected chi connectivity index (χ4v) is 5.04. The summed E-state index contributed by atoms with van der Waals surface area (Å²) in [5.74, 6) is 0.589. The van der Waals surface area contributed by atoms with Crippen LogP contribution in [-0.4, -0.2) is 30.5 Å². The van der Waals surface area contributed by atoms with E-state index in [1.165, 1.54) is 0 Å². The number of aryl methyl sites for hydroxylation is 2. The van der Waals surface area contributed by atoms with Gasteiger partial charge in [0.25, 0.3) is 0 Å². The molecule has 0 unspecified atom stereocenters. The molecule has 0 spiro atoms. The van der Waals surface area contributed by atoms with E-state index in [1.807, 2.05) is 39.0 Å². The quantitative estimate of drug-likeness (QED) is 0.861. The van der Waals surface area contributed by atoms with Crippen LogP contribution in [0.4, 0.5) is 0 Å². The van der Waals surface area contributed by atoms with Crippen molar-refractivity contribution in [2.45, 2.75) is 51.0 Å². The molecule has 1 saturated heterocycles. The van der Waals surface area contributed by atoms with Crippen molar-refractivity contribution < 1.29 is 12.9 Å². The third-order valence-corrected chi connectivity index (χ3v) is 6.58. The Morgan fingerprint density at radius 3 is 2.65 bits per heavy atom. The van der Waals surface area contributed by atoms with Crippen LogP contribution in [0.25, 0.3) is 11.3 Å². The predicted octanol–water partition coefficient (Wildman–Crippen LogP) is 3.52. The minimum Gasteiger partial charge on any atom is -0.356 e. The molecule has 1 aromatic heterocycles. The van der Waals surface area contributed by atoms with Crippen LogP contribution in [0.15, 0.2) is 33.7 Å². The largest absolute Gasteiger partial charge is 0.356 e. The van der Waals surface area contributed by atoms with Crippen LogP contribution >= 0.6 is 0 Å². The molecule has 2 heterocycles. The van der Waals surface area contributed by atoms with Crippen LogP contribution in [0, 0.1) is 13.8 Å².